The first-order valence-electron chi connectivity index (χ1n) is 3.99. The van der Waals surface area contributed by atoms with E-state index in [1.54, 1.807) is 36.8 Å². The molecular formula is C10H6Cl2N2. The summed E-state index contributed by atoms with van der Waals surface area (Å²) >= 11 is 11.9. The molecular weight excluding hydrogens is 219 g/mol. The number of hydrogen-bond donors (Lipinski definition) is 0. The molecule has 70 valence electrons. The third-order valence-electron chi connectivity index (χ3n) is 1.77. The summed E-state index contributed by atoms with van der Waals surface area (Å²) in [5.74, 6) is 0. The Hall–Kier alpha value is -1.12. The Morgan fingerprint density at radius 3 is 2.64 bits per heavy atom. The molecule has 0 aliphatic heterocycles. The molecule has 0 N–H and O–H groups in total. The summed E-state index contributed by atoms with van der Waals surface area (Å²) in [4.78, 5) is 8.11. The molecule has 0 spiro atoms. The number of aromatic nitrogens is 2. The van der Waals surface area contributed by atoms with Crippen LogP contribution in [0.25, 0.3) is 11.3 Å². The van der Waals surface area contributed by atoms with E-state index in [-0.39, 0.29) is 0 Å². The fourth-order valence-electron chi connectivity index (χ4n) is 1.13. The Kier molecular flexibility index (Phi) is 2.66. The first-order valence-corrected chi connectivity index (χ1v) is 4.74. The van der Waals surface area contributed by atoms with Gasteiger partial charge in [-0.2, -0.15) is 0 Å². The molecule has 0 saturated carbocycles. The number of rotatable bonds is 1. The Balaban J connectivity index is 2.57. The molecule has 2 aromatic rings. The van der Waals surface area contributed by atoms with Gasteiger partial charge in [-0.3, -0.25) is 9.97 Å². The van der Waals surface area contributed by atoms with Gasteiger partial charge in [0.15, 0.2) is 0 Å². The van der Waals surface area contributed by atoms with Crippen LogP contribution in [-0.2, 0) is 0 Å². The summed E-state index contributed by atoms with van der Waals surface area (Å²) in [6.45, 7) is 0. The summed E-state index contributed by atoms with van der Waals surface area (Å²) in [5, 5.41) is 1.25. The number of benzene rings is 1. The molecule has 2 rings (SSSR count). The van der Waals surface area contributed by atoms with E-state index in [2.05, 4.69) is 9.97 Å². The lowest BCUT2D eigenvalue weighted by Crippen LogP contribution is -1.85. The van der Waals surface area contributed by atoms with E-state index in [4.69, 9.17) is 23.2 Å². The second kappa shape index (κ2) is 3.95. The normalized spacial score (nSPS) is 10.1. The minimum atomic E-state index is 0.620. The molecule has 2 nitrogen and oxygen atoms in total. The number of nitrogens with zero attached hydrogens (tertiary/aromatic N) is 2. The predicted molar refractivity (Wildman–Crippen MR) is 57.5 cm³/mol. The van der Waals surface area contributed by atoms with Gasteiger partial charge in [-0.1, -0.05) is 23.2 Å². The van der Waals surface area contributed by atoms with Gasteiger partial charge in [0, 0.05) is 23.0 Å². The first-order chi connectivity index (χ1) is 6.77. The highest BCUT2D eigenvalue weighted by atomic mass is 35.5. The average molecular weight is 225 g/mol. The Morgan fingerprint density at radius 1 is 1.07 bits per heavy atom. The van der Waals surface area contributed by atoms with Crippen LogP contribution in [0.15, 0.2) is 36.8 Å². The molecule has 0 saturated heterocycles. The van der Waals surface area contributed by atoms with E-state index in [0.717, 1.165) is 11.3 Å². The lowest BCUT2D eigenvalue weighted by Gasteiger charge is -2.02. The van der Waals surface area contributed by atoms with Crippen LogP contribution in [-0.4, -0.2) is 9.97 Å². The van der Waals surface area contributed by atoms with Gasteiger partial charge in [-0.25, -0.2) is 0 Å². The van der Waals surface area contributed by atoms with Crippen LogP contribution >= 0.6 is 23.2 Å². The minimum absolute atomic E-state index is 0.620. The van der Waals surface area contributed by atoms with Crippen molar-refractivity contribution in [1.29, 1.82) is 0 Å². The maximum atomic E-state index is 6.00. The van der Waals surface area contributed by atoms with Gasteiger partial charge >= 0.3 is 0 Å². The molecule has 0 radical (unpaired) electrons. The van der Waals surface area contributed by atoms with Crippen LogP contribution in [0, 0.1) is 0 Å². The van der Waals surface area contributed by atoms with E-state index in [0.29, 0.717) is 10.0 Å². The molecule has 0 aliphatic rings. The third-order valence-corrected chi connectivity index (χ3v) is 2.33. The van der Waals surface area contributed by atoms with Gasteiger partial charge in [0.25, 0.3) is 0 Å². The highest BCUT2D eigenvalue weighted by Crippen LogP contribution is 2.28. The van der Waals surface area contributed by atoms with Crippen molar-refractivity contribution in [3.05, 3.63) is 46.8 Å². The molecule has 14 heavy (non-hydrogen) atoms. The van der Waals surface area contributed by atoms with Gasteiger partial charge in [-0.05, 0) is 18.2 Å². The van der Waals surface area contributed by atoms with Crippen LogP contribution in [0.2, 0.25) is 10.0 Å². The molecule has 0 amide bonds. The first kappa shape index (κ1) is 9.44. The number of halogens is 2. The van der Waals surface area contributed by atoms with E-state index < -0.39 is 0 Å². The Bertz CT molecular complexity index is 443. The molecule has 1 heterocycles. The van der Waals surface area contributed by atoms with Crippen LogP contribution < -0.4 is 0 Å². The third kappa shape index (κ3) is 1.86. The maximum absolute atomic E-state index is 6.00. The van der Waals surface area contributed by atoms with Crippen molar-refractivity contribution < 1.29 is 0 Å². The van der Waals surface area contributed by atoms with Crippen LogP contribution in [0.3, 0.4) is 0 Å². The molecule has 4 heteroatoms. The lowest BCUT2D eigenvalue weighted by molar-refractivity contribution is 1.21. The van der Waals surface area contributed by atoms with Crippen molar-refractivity contribution >= 4 is 23.2 Å². The van der Waals surface area contributed by atoms with Crippen molar-refractivity contribution in [2.24, 2.45) is 0 Å². The van der Waals surface area contributed by atoms with E-state index in [9.17, 15) is 0 Å². The molecule has 0 aliphatic carbocycles. The Morgan fingerprint density at radius 2 is 1.93 bits per heavy atom. The summed E-state index contributed by atoms with van der Waals surface area (Å²) in [6, 6.07) is 5.26. The minimum Gasteiger partial charge on any atom is -0.261 e. The number of hydrogen-bond acceptors (Lipinski definition) is 2. The van der Waals surface area contributed by atoms with Crippen LogP contribution in [0.5, 0.6) is 0 Å². The topological polar surface area (TPSA) is 25.8 Å². The molecule has 0 atom stereocenters. The standard InChI is InChI=1S/C10H6Cl2N2/c11-7-1-2-9(12)8(5-7)10-6-13-3-4-14-10/h1-6H. The van der Waals surface area contributed by atoms with Crippen molar-refractivity contribution in [2.45, 2.75) is 0 Å². The fraction of sp³-hybridized carbons (Fsp3) is 0. The van der Waals surface area contributed by atoms with Crippen molar-refractivity contribution in [3.8, 4) is 11.3 Å². The molecule has 1 aromatic heterocycles. The lowest BCUT2D eigenvalue weighted by atomic mass is 10.1. The Labute approximate surface area is 91.5 Å². The second-order valence-corrected chi connectivity index (χ2v) is 3.56. The van der Waals surface area contributed by atoms with E-state index in [1.807, 2.05) is 0 Å². The van der Waals surface area contributed by atoms with Crippen molar-refractivity contribution in [3.63, 3.8) is 0 Å². The highest BCUT2D eigenvalue weighted by molar-refractivity contribution is 6.35. The predicted octanol–water partition coefficient (Wildman–Crippen LogP) is 3.45. The van der Waals surface area contributed by atoms with E-state index >= 15 is 0 Å². The van der Waals surface area contributed by atoms with E-state index in [1.165, 1.54) is 0 Å². The van der Waals surface area contributed by atoms with Crippen molar-refractivity contribution in [2.75, 3.05) is 0 Å². The zero-order valence-electron chi connectivity index (χ0n) is 7.11. The largest absolute Gasteiger partial charge is 0.261 e. The molecule has 0 bridgehead atoms. The molecule has 1 aromatic carbocycles. The van der Waals surface area contributed by atoms with Crippen LogP contribution in [0.1, 0.15) is 0 Å². The summed E-state index contributed by atoms with van der Waals surface area (Å²) in [6.07, 6.45) is 4.88. The van der Waals surface area contributed by atoms with Gasteiger partial charge in [0.1, 0.15) is 0 Å². The monoisotopic (exact) mass is 224 g/mol. The maximum Gasteiger partial charge on any atom is 0.0900 e. The quantitative estimate of drug-likeness (QED) is 0.742. The smallest absolute Gasteiger partial charge is 0.0900 e. The van der Waals surface area contributed by atoms with Gasteiger partial charge < -0.3 is 0 Å². The summed E-state index contributed by atoms with van der Waals surface area (Å²) in [7, 11) is 0. The summed E-state index contributed by atoms with van der Waals surface area (Å²) in [5.41, 5.74) is 1.52. The van der Waals surface area contributed by atoms with Crippen LogP contribution in [0.4, 0.5) is 0 Å². The molecule has 0 unspecified atom stereocenters. The van der Waals surface area contributed by atoms with Gasteiger partial charge in [0.05, 0.1) is 16.9 Å². The zero-order valence-corrected chi connectivity index (χ0v) is 8.63. The summed E-state index contributed by atoms with van der Waals surface area (Å²) < 4.78 is 0. The average Bonchev–Trinajstić information content (AvgIpc) is 2.23. The SMILES string of the molecule is Clc1ccc(Cl)c(-c2cnccn2)c1. The molecule has 0 fully saturated rings. The fourth-order valence-corrected chi connectivity index (χ4v) is 1.52. The zero-order chi connectivity index (χ0) is 9.97. The van der Waals surface area contributed by atoms with Gasteiger partial charge in [-0.15, -0.1) is 0 Å². The van der Waals surface area contributed by atoms with Crippen molar-refractivity contribution in [1.82, 2.24) is 9.97 Å². The highest BCUT2D eigenvalue weighted by Gasteiger charge is 2.04. The second-order valence-electron chi connectivity index (χ2n) is 2.71. The van der Waals surface area contributed by atoms with Gasteiger partial charge in [0.2, 0.25) is 0 Å².